The molecule has 0 aromatic heterocycles. The molecule has 9 heteroatoms. The van der Waals surface area contributed by atoms with Gasteiger partial charge in [0.1, 0.15) is 0 Å². The Morgan fingerprint density at radius 2 is 1.61 bits per heavy atom. The van der Waals surface area contributed by atoms with Crippen LogP contribution in [-0.2, 0) is 28.7 Å². The van der Waals surface area contributed by atoms with E-state index in [0.717, 1.165) is 4.90 Å². The fourth-order valence-corrected chi connectivity index (χ4v) is 1.71. The van der Waals surface area contributed by atoms with Crippen LogP contribution in [0.2, 0.25) is 0 Å². The first-order valence-corrected chi connectivity index (χ1v) is 7.24. The van der Waals surface area contributed by atoms with Gasteiger partial charge in [0, 0.05) is 38.1 Å². The molecule has 0 aliphatic carbocycles. The minimum Gasteiger partial charge on any atom is -0.379 e. The molecule has 4 amide bonds. The van der Waals surface area contributed by atoms with Crippen LogP contribution in [0.25, 0.3) is 0 Å². The Kier molecular flexibility index (Phi) is 8.55. The van der Waals surface area contributed by atoms with Crippen molar-refractivity contribution in [3.8, 4) is 0 Å². The van der Waals surface area contributed by atoms with E-state index in [-0.39, 0.29) is 31.9 Å². The summed E-state index contributed by atoms with van der Waals surface area (Å²) in [7, 11) is 0. The molecule has 0 aromatic carbocycles. The molecule has 0 radical (unpaired) electrons. The molecule has 9 nitrogen and oxygen atoms in total. The summed E-state index contributed by atoms with van der Waals surface area (Å²) in [4.78, 5) is 45.5. The first-order valence-electron chi connectivity index (χ1n) is 7.24. The standard InChI is InChI=1S/C14H21N3O6/c15-11(18)4-7-22-9-10-23-8-5-16-12(19)3-6-17-13(20)1-2-14(17)21/h1-2H,3-10H2,(H2,15,18)(H,16,19). The minimum absolute atomic E-state index is 0.0510. The molecule has 0 fully saturated rings. The summed E-state index contributed by atoms with van der Waals surface area (Å²) in [5.41, 5.74) is 4.95. The highest BCUT2D eigenvalue weighted by Crippen LogP contribution is 2.03. The number of hydrogen-bond donors (Lipinski definition) is 2. The van der Waals surface area contributed by atoms with Gasteiger partial charge < -0.3 is 20.5 Å². The van der Waals surface area contributed by atoms with Gasteiger partial charge in [0.05, 0.1) is 26.4 Å². The summed E-state index contributed by atoms with van der Waals surface area (Å²) >= 11 is 0. The van der Waals surface area contributed by atoms with Gasteiger partial charge in [-0.15, -0.1) is 0 Å². The normalized spacial score (nSPS) is 13.7. The summed E-state index contributed by atoms with van der Waals surface area (Å²) in [6.45, 7) is 1.64. The molecule has 1 aliphatic rings. The van der Waals surface area contributed by atoms with Gasteiger partial charge in [-0.25, -0.2) is 0 Å². The Balaban J connectivity index is 1.93. The quantitative estimate of drug-likeness (QED) is 0.326. The zero-order valence-electron chi connectivity index (χ0n) is 12.8. The Morgan fingerprint density at radius 1 is 1.00 bits per heavy atom. The van der Waals surface area contributed by atoms with E-state index in [1.165, 1.54) is 12.2 Å². The summed E-state index contributed by atoms with van der Waals surface area (Å²) in [6.07, 6.45) is 2.59. The van der Waals surface area contributed by atoms with Gasteiger partial charge in [-0.3, -0.25) is 24.1 Å². The lowest BCUT2D eigenvalue weighted by atomic mass is 10.3. The average Bonchev–Trinajstić information content (AvgIpc) is 2.82. The molecular formula is C14H21N3O6. The second kappa shape index (κ2) is 10.5. The summed E-state index contributed by atoms with van der Waals surface area (Å²) in [5, 5.41) is 2.62. The minimum atomic E-state index is -0.415. The first kappa shape index (κ1) is 18.8. The van der Waals surface area contributed by atoms with E-state index in [1.807, 2.05) is 0 Å². The molecule has 1 aliphatic heterocycles. The molecule has 0 atom stereocenters. The van der Waals surface area contributed by atoms with Gasteiger partial charge in [0.25, 0.3) is 11.8 Å². The van der Waals surface area contributed by atoms with Crippen LogP contribution >= 0.6 is 0 Å². The van der Waals surface area contributed by atoms with Crippen LogP contribution < -0.4 is 11.1 Å². The van der Waals surface area contributed by atoms with Crippen LogP contribution in [0.1, 0.15) is 12.8 Å². The monoisotopic (exact) mass is 327 g/mol. The maximum Gasteiger partial charge on any atom is 0.253 e. The van der Waals surface area contributed by atoms with E-state index in [9.17, 15) is 19.2 Å². The molecule has 128 valence electrons. The molecule has 0 unspecified atom stereocenters. The van der Waals surface area contributed by atoms with Crippen LogP contribution in [-0.4, -0.2) is 68.0 Å². The van der Waals surface area contributed by atoms with E-state index in [0.29, 0.717) is 26.4 Å². The van der Waals surface area contributed by atoms with Crippen LogP contribution in [0.3, 0.4) is 0 Å². The van der Waals surface area contributed by atoms with Crippen LogP contribution in [0, 0.1) is 0 Å². The Labute approximate surface area is 133 Å². The highest BCUT2D eigenvalue weighted by atomic mass is 16.5. The van der Waals surface area contributed by atoms with Gasteiger partial charge in [0.2, 0.25) is 11.8 Å². The lowest BCUT2D eigenvalue weighted by Gasteiger charge is -2.13. The molecular weight excluding hydrogens is 306 g/mol. The van der Waals surface area contributed by atoms with E-state index in [4.69, 9.17) is 15.2 Å². The maximum atomic E-state index is 11.5. The Bertz CT molecular complexity index is 459. The molecule has 1 rings (SSSR count). The highest BCUT2D eigenvalue weighted by molar-refractivity contribution is 6.13. The number of rotatable bonds is 12. The molecule has 0 saturated heterocycles. The van der Waals surface area contributed by atoms with E-state index >= 15 is 0 Å². The smallest absolute Gasteiger partial charge is 0.253 e. The second-order valence-electron chi connectivity index (χ2n) is 4.70. The highest BCUT2D eigenvalue weighted by Gasteiger charge is 2.23. The lowest BCUT2D eigenvalue weighted by Crippen LogP contribution is -2.35. The SMILES string of the molecule is NC(=O)CCOCCOCCNC(=O)CCN1C(=O)C=CC1=O. The number of nitrogens with zero attached hydrogens (tertiary/aromatic N) is 1. The number of primary amides is 1. The van der Waals surface area contributed by atoms with Crippen molar-refractivity contribution in [1.82, 2.24) is 10.2 Å². The van der Waals surface area contributed by atoms with E-state index in [1.54, 1.807) is 0 Å². The van der Waals surface area contributed by atoms with Crippen molar-refractivity contribution in [3.05, 3.63) is 12.2 Å². The number of carbonyl (C=O) groups excluding carboxylic acids is 4. The molecule has 1 heterocycles. The lowest BCUT2D eigenvalue weighted by molar-refractivity contribution is -0.137. The van der Waals surface area contributed by atoms with Crippen molar-refractivity contribution in [3.63, 3.8) is 0 Å². The molecule has 0 bridgehead atoms. The van der Waals surface area contributed by atoms with E-state index < -0.39 is 17.7 Å². The molecule has 0 aromatic rings. The Morgan fingerprint density at radius 3 is 2.22 bits per heavy atom. The zero-order chi connectivity index (χ0) is 17.1. The van der Waals surface area contributed by atoms with Gasteiger partial charge in [-0.2, -0.15) is 0 Å². The number of nitrogens with two attached hydrogens (primary N) is 1. The summed E-state index contributed by atoms with van der Waals surface area (Å²) in [6, 6.07) is 0. The van der Waals surface area contributed by atoms with Crippen molar-refractivity contribution in [2.75, 3.05) is 39.5 Å². The Hall–Kier alpha value is -2.26. The van der Waals surface area contributed by atoms with Crippen molar-refractivity contribution in [2.45, 2.75) is 12.8 Å². The van der Waals surface area contributed by atoms with Crippen LogP contribution in [0.4, 0.5) is 0 Å². The third-order valence-electron chi connectivity index (χ3n) is 2.90. The van der Waals surface area contributed by atoms with Gasteiger partial charge >= 0.3 is 0 Å². The average molecular weight is 327 g/mol. The van der Waals surface area contributed by atoms with Crippen molar-refractivity contribution < 1.29 is 28.7 Å². The third kappa shape index (κ3) is 8.07. The number of carbonyl (C=O) groups is 4. The number of imide groups is 1. The van der Waals surface area contributed by atoms with Gasteiger partial charge in [-0.05, 0) is 0 Å². The zero-order valence-corrected chi connectivity index (χ0v) is 12.8. The molecule has 3 N–H and O–H groups in total. The van der Waals surface area contributed by atoms with Crippen LogP contribution in [0.15, 0.2) is 12.2 Å². The topological polar surface area (TPSA) is 128 Å². The first-order chi connectivity index (χ1) is 11.0. The van der Waals surface area contributed by atoms with Gasteiger partial charge in [-0.1, -0.05) is 0 Å². The molecule has 23 heavy (non-hydrogen) atoms. The van der Waals surface area contributed by atoms with Crippen molar-refractivity contribution in [2.24, 2.45) is 5.73 Å². The molecule has 0 spiro atoms. The van der Waals surface area contributed by atoms with Crippen molar-refractivity contribution >= 4 is 23.6 Å². The molecule has 0 saturated carbocycles. The van der Waals surface area contributed by atoms with Crippen LogP contribution in [0.5, 0.6) is 0 Å². The fourth-order valence-electron chi connectivity index (χ4n) is 1.71. The predicted octanol–water partition coefficient (Wildman–Crippen LogP) is -1.67. The predicted molar refractivity (Wildman–Crippen MR) is 78.9 cm³/mol. The number of nitrogens with one attached hydrogen (secondary N) is 1. The van der Waals surface area contributed by atoms with Crippen molar-refractivity contribution in [1.29, 1.82) is 0 Å². The summed E-state index contributed by atoms with van der Waals surface area (Å²) < 4.78 is 10.3. The maximum absolute atomic E-state index is 11.5. The number of hydrogen-bond acceptors (Lipinski definition) is 6. The number of amides is 4. The number of ether oxygens (including phenoxy) is 2. The largest absolute Gasteiger partial charge is 0.379 e. The fraction of sp³-hybridized carbons (Fsp3) is 0.571. The second-order valence-corrected chi connectivity index (χ2v) is 4.70. The summed E-state index contributed by atoms with van der Waals surface area (Å²) in [5.74, 6) is -1.48. The third-order valence-corrected chi connectivity index (χ3v) is 2.90. The van der Waals surface area contributed by atoms with Gasteiger partial charge in [0.15, 0.2) is 0 Å². The van der Waals surface area contributed by atoms with E-state index in [2.05, 4.69) is 5.32 Å².